The fourth-order valence-electron chi connectivity index (χ4n) is 16.6. The third kappa shape index (κ3) is 12.7. The smallest absolute Gasteiger partial charge is 0.247 e. The quantitative estimate of drug-likeness (QED) is 0.0590. The fourth-order valence-corrected chi connectivity index (χ4v) is 20.2. The van der Waals surface area contributed by atoms with Crippen LogP contribution in [0.15, 0.2) is 58.3 Å². The van der Waals surface area contributed by atoms with E-state index in [1.807, 2.05) is 11.9 Å². The van der Waals surface area contributed by atoms with Crippen molar-refractivity contribution < 1.29 is 55.9 Å². The van der Waals surface area contributed by atoms with E-state index in [-0.39, 0.29) is 40.4 Å². The molecule has 12 aliphatic rings. The first kappa shape index (κ1) is 56.5. The van der Waals surface area contributed by atoms with Crippen molar-refractivity contribution in [3.63, 3.8) is 0 Å². The van der Waals surface area contributed by atoms with Crippen molar-refractivity contribution >= 4 is 43.3 Å². The molecule has 18 nitrogen and oxygen atoms in total. The van der Waals surface area contributed by atoms with Crippen molar-refractivity contribution in [2.24, 2.45) is 71.0 Å². The number of nitrogens with one attached hydrogen (secondary N) is 3. The summed E-state index contributed by atoms with van der Waals surface area (Å²) in [6.45, 7) is 3.85. The SMILES string of the molecule is CN(CCCOc1ccc(S(=O)(=O)C2CC(C(=O)NO)CN(C3CC3)C2)cc1)C(=O)C1C2CC3CC(C2)CC1C3.O=C(NO)C1CC(S(=O)(=O)c2ccc(OCCCNC(=O)C3C4CC5CC(C4)CC3C5)cc2)CN(C2CC2)C1. The number of carbonyl (C=O) groups excluding carboxylic acids is 4. The predicted octanol–water partition coefficient (Wildman–Crippen LogP) is 5.89. The number of hydrogen-bond acceptors (Lipinski definition) is 14. The molecule has 4 atom stereocenters. The maximum atomic E-state index is 13.5. The van der Waals surface area contributed by atoms with Crippen LogP contribution in [0.2, 0.25) is 0 Å². The second-order valence-electron chi connectivity index (χ2n) is 25.8. The first-order valence-electron chi connectivity index (χ1n) is 29.9. The highest BCUT2D eigenvalue weighted by Crippen LogP contribution is 2.58. The fraction of sp³-hybridized carbons (Fsp3) is 0.729. The van der Waals surface area contributed by atoms with Crippen LogP contribution in [-0.4, -0.2) is 148 Å². The van der Waals surface area contributed by atoms with Crippen molar-refractivity contribution in [1.29, 1.82) is 0 Å². The van der Waals surface area contributed by atoms with Crippen molar-refractivity contribution in [2.75, 3.05) is 59.5 Å². The van der Waals surface area contributed by atoms with Crippen LogP contribution in [0.5, 0.6) is 11.5 Å². The van der Waals surface area contributed by atoms with E-state index in [0.717, 1.165) is 49.4 Å². The van der Waals surface area contributed by atoms with Gasteiger partial charge in [-0.05, 0) is 211 Å². The van der Waals surface area contributed by atoms with Gasteiger partial charge in [0, 0.05) is 70.2 Å². The Morgan fingerprint density at radius 3 is 1.32 bits per heavy atom. The molecule has 10 saturated carbocycles. The maximum Gasteiger partial charge on any atom is 0.247 e. The minimum absolute atomic E-state index is 0.186. The van der Waals surface area contributed by atoms with E-state index in [2.05, 4.69) is 15.1 Å². The Kier molecular flexibility index (Phi) is 17.1. The molecular weight excluding hydrogens is 1050 g/mol. The Labute approximate surface area is 466 Å². The van der Waals surface area contributed by atoms with Gasteiger partial charge in [-0.2, -0.15) is 0 Å². The number of hydrogen-bond donors (Lipinski definition) is 5. The van der Waals surface area contributed by atoms with Crippen molar-refractivity contribution in [1.82, 2.24) is 31.0 Å². The van der Waals surface area contributed by atoms with Gasteiger partial charge in [0.1, 0.15) is 11.5 Å². The Hall–Kier alpha value is -4.34. The Morgan fingerprint density at radius 1 is 0.532 bits per heavy atom. The molecule has 4 unspecified atom stereocenters. The molecule has 20 heteroatoms. The summed E-state index contributed by atoms with van der Waals surface area (Å²) in [6, 6.07) is 13.6. The van der Waals surface area contributed by atoms with Crippen molar-refractivity contribution in [3.8, 4) is 11.5 Å². The number of piperidine rings is 2. The Balaban J connectivity index is 0.000000167. The molecule has 0 aromatic heterocycles. The summed E-state index contributed by atoms with van der Waals surface area (Å²) >= 11 is 0. The maximum absolute atomic E-state index is 13.5. The summed E-state index contributed by atoms with van der Waals surface area (Å²) in [5.74, 6) is 5.70. The van der Waals surface area contributed by atoms with E-state index in [1.165, 1.54) is 64.2 Å². The van der Waals surface area contributed by atoms with E-state index in [4.69, 9.17) is 19.9 Å². The van der Waals surface area contributed by atoms with Crippen LogP contribution in [0.25, 0.3) is 0 Å². The molecule has 10 aliphatic carbocycles. The van der Waals surface area contributed by atoms with Crippen molar-refractivity contribution in [3.05, 3.63) is 48.5 Å². The summed E-state index contributed by atoms with van der Waals surface area (Å²) in [4.78, 5) is 56.9. The zero-order valence-corrected chi connectivity index (χ0v) is 47.5. The summed E-state index contributed by atoms with van der Waals surface area (Å²) in [5, 5.41) is 19.9. The lowest BCUT2D eigenvalue weighted by Gasteiger charge is -2.54. The van der Waals surface area contributed by atoms with Crippen molar-refractivity contribution in [2.45, 2.75) is 148 Å². The average molecular weight is 1130 g/mol. The summed E-state index contributed by atoms with van der Waals surface area (Å²) in [6.07, 6.45) is 18.5. The van der Waals surface area contributed by atoms with Gasteiger partial charge in [-0.1, -0.05) is 0 Å². The van der Waals surface area contributed by atoms with E-state index in [0.29, 0.717) is 118 Å². The zero-order valence-electron chi connectivity index (χ0n) is 45.9. The highest BCUT2D eigenvalue weighted by molar-refractivity contribution is 7.92. The van der Waals surface area contributed by atoms with Crippen LogP contribution in [0.3, 0.4) is 0 Å². The van der Waals surface area contributed by atoms with E-state index in [1.54, 1.807) is 59.5 Å². The van der Waals surface area contributed by atoms with Crippen LogP contribution >= 0.6 is 0 Å². The molecule has 2 aromatic rings. The molecule has 79 heavy (non-hydrogen) atoms. The predicted molar refractivity (Wildman–Crippen MR) is 292 cm³/mol. The highest BCUT2D eigenvalue weighted by atomic mass is 32.2. The molecule has 434 valence electrons. The number of hydroxylamine groups is 2. The van der Waals surface area contributed by atoms with Crippen LogP contribution in [0.1, 0.15) is 116 Å². The lowest BCUT2D eigenvalue weighted by atomic mass is 9.51. The normalized spacial score (nSPS) is 33.8. The number of sulfone groups is 2. The first-order valence-corrected chi connectivity index (χ1v) is 33.0. The highest BCUT2D eigenvalue weighted by Gasteiger charge is 2.53. The molecule has 0 radical (unpaired) electrons. The average Bonchev–Trinajstić information content (AvgIpc) is 4.48. The Morgan fingerprint density at radius 2 is 0.924 bits per heavy atom. The molecule has 5 N–H and O–H groups in total. The lowest BCUT2D eigenvalue weighted by molar-refractivity contribution is -0.148. The van der Waals surface area contributed by atoms with Gasteiger partial charge in [-0.3, -0.25) is 39.4 Å². The molecule has 12 fully saturated rings. The van der Waals surface area contributed by atoms with Crippen LogP contribution in [0.4, 0.5) is 0 Å². The van der Waals surface area contributed by atoms with E-state index < -0.39 is 53.8 Å². The summed E-state index contributed by atoms with van der Waals surface area (Å²) in [7, 11) is -5.40. The Bertz CT molecular complexity index is 2680. The molecule has 2 aliphatic heterocycles. The minimum Gasteiger partial charge on any atom is -0.494 e. The van der Waals surface area contributed by atoms with E-state index >= 15 is 0 Å². The van der Waals surface area contributed by atoms with Gasteiger partial charge in [-0.15, -0.1) is 0 Å². The van der Waals surface area contributed by atoms with Gasteiger partial charge in [0.2, 0.25) is 23.6 Å². The largest absolute Gasteiger partial charge is 0.494 e. The van der Waals surface area contributed by atoms with Crippen LogP contribution in [0, 0.1) is 71.0 Å². The number of likely N-dealkylation sites (tertiary alicyclic amines) is 2. The summed E-state index contributed by atoms with van der Waals surface area (Å²) in [5.41, 5.74) is 3.40. The molecule has 2 heterocycles. The van der Waals surface area contributed by atoms with Gasteiger partial charge in [0.05, 0.1) is 45.3 Å². The number of rotatable bonds is 20. The topological polar surface area (TPSA) is 241 Å². The number of ether oxygens (including phenoxy) is 2. The molecule has 2 aromatic carbocycles. The second kappa shape index (κ2) is 23.9. The van der Waals surface area contributed by atoms with Gasteiger partial charge in [0.15, 0.2) is 19.7 Å². The molecule has 4 amide bonds. The van der Waals surface area contributed by atoms with Crippen LogP contribution < -0.4 is 25.8 Å². The monoisotopic (exact) mass is 1130 g/mol. The standard InChI is InChI=1S/C30H43N3O6S.C29H41N3O6S/c1-32(30(35)28-21-12-19-11-20(14-21)15-22(28)13-19)9-2-10-39-25-5-7-26(8-6-25)40(37,38)27-16-23(29(34)31-36)17-33(18-27)24-3-4-24;33-28(31-35)22-15-26(17-32(16-22)23-2-3-23)39(36,37)25-6-4-24(5-7-25)38-9-1-8-30-29(34)27-20-11-18-10-19(13-20)14-21(27)12-18/h5-8,19-24,27-28,36H,2-4,9-18H2,1H3,(H,31,34);4-7,18-23,26-27,35H,1-3,8-17H2,(H,30,34)(H,31,33). The second-order valence-corrected chi connectivity index (χ2v) is 30.3. The third-order valence-corrected chi connectivity index (χ3v) is 24.7. The van der Waals surface area contributed by atoms with Gasteiger partial charge in [0.25, 0.3) is 0 Å². The van der Waals surface area contributed by atoms with Gasteiger partial charge >= 0.3 is 0 Å². The number of benzene rings is 2. The number of amides is 4. The van der Waals surface area contributed by atoms with E-state index in [9.17, 15) is 36.0 Å². The molecule has 2 saturated heterocycles. The van der Waals surface area contributed by atoms with Gasteiger partial charge < -0.3 is 19.7 Å². The summed E-state index contributed by atoms with van der Waals surface area (Å²) < 4.78 is 65.5. The zero-order chi connectivity index (χ0) is 55.2. The first-order chi connectivity index (χ1) is 38.0. The molecular formula is C59H84N6O12S2. The number of carbonyl (C=O) groups is 4. The lowest BCUT2D eigenvalue weighted by Crippen LogP contribution is -2.51. The minimum atomic E-state index is -3.66. The van der Waals surface area contributed by atoms with Crippen LogP contribution in [-0.2, 0) is 38.9 Å². The number of nitrogens with zero attached hydrogens (tertiary/aromatic N) is 3. The van der Waals surface area contributed by atoms with Gasteiger partial charge in [-0.25, -0.2) is 27.8 Å². The molecule has 14 rings (SSSR count). The molecule has 0 spiro atoms. The molecule has 8 bridgehead atoms. The third-order valence-electron chi connectivity index (χ3n) is 20.4.